The standard InChI is InChI=1S/C20H15ClN6O4S/c21-13-8-6-12(7-9-13)10-15-18(29)26(22)20(24-23-15)32-11-16(28)17-19(30)31-25-27(17)14-4-2-1-3-5-14/h1-9H,10-11,22H2/p+1. The Balaban J connectivity index is 1.51. The van der Waals surface area contributed by atoms with Crippen molar-refractivity contribution in [3.63, 3.8) is 0 Å². The molecule has 0 amide bonds. The lowest BCUT2D eigenvalue weighted by Crippen LogP contribution is -2.41. The summed E-state index contributed by atoms with van der Waals surface area (Å²) in [7, 11) is 0. The first kappa shape index (κ1) is 21.5. The minimum atomic E-state index is -0.811. The first-order valence-electron chi connectivity index (χ1n) is 9.27. The van der Waals surface area contributed by atoms with Crippen molar-refractivity contribution in [1.29, 1.82) is 0 Å². The van der Waals surface area contributed by atoms with Crippen molar-refractivity contribution >= 4 is 29.1 Å². The predicted molar refractivity (Wildman–Crippen MR) is 117 cm³/mol. The van der Waals surface area contributed by atoms with Crippen LogP contribution in [0.3, 0.4) is 0 Å². The zero-order chi connectivity index (χ0) is 22.7. The Kier molecular flexibility index (Phi) is 6.19. The fraction of sp³-hybridized carbons (Fsp3) is 0.100. The van der Waals surface area contributed by atoms with Gasteiger partial charge in [-0.15, -0.1) is 10.2 Å². The van der Waals surface area contributed by atoms with Crippen molar-refractivity contribution in [2.24, 2.45) is 0 Å². The number of thioether (sulfide) groups is 1. The van der Waals surface area contributed by atoms with Crippen LogP contribution in [0.1, 0.15) is 21.7 Å². The average molecular weight is 472 g/mol. The molecule has 4 aromatic rings. The number of benzene rings is 2. The van der Waals surface area contributed by atoms with Crippen LogP contribution in [0.25, 0.3) is 5.69 Å². The van der Waals surface area contributed by atoms with E-state index in [1.807, 2.05) is 0 Å². The highest BCUT2D eigenvalue weighted by Gasteiger charge is 2.30. The van der Waals surface area contributed by atoms with Crippen molar-refractivity contribution < 1.29 is 14.0 Å². The lowest BCUT2D eigenvalue weighted by atomic mass is 10.1. The molecule has 0 saturated heterocycles. The highest BCUT2D eigenvalue weighted by atomic mass is 35.5. The molecule has 0 aliphatic rings. The summed E-state index contributed by atoms with van der Waals surface area (Å²) < 4.78 is 6.87. The minimum absolute atomic E-state index is 0.0365. The number of nitrogens with two attached hydrogens (primary N) is 1. The summed E-state index contributed by atoms with van der Waals surface area (Å²) in [5.41, 5.74) is -0.0187. The van der Waals surface area contributed by atoms with Gasteiger partial charge in [-0.1, -0.05) is 53.7 Å². The Hall–Kier alpha value is -3.70. The molecule has 0 saturated carbocycles. The van der Waals surface area contributed by atoms with Gasteiger partial charge in [0.2, 0.25) is 16.6 Å². The van der Waals surface area contributed by atoms with E-state index in [0.717, 1.165) is 22.0 Å². The van der Waals surface area contributed by atoms with Crippen LogP contribution in [0.5, 0.6) is 0 Å². The summed E-state index contributed by atoms with van der Waals surface area (Å²) >= 11 is 6.76. The minimum Gasteiger partial charge on any atom is -0.334 e. The van der Waals surface area contributed by atoms with E-state index in [1.54, 1.807) is 54.6 Å². The molecule has 0 aliphatic carbocycles. The summed E-state index contributed by atoms with van der Waals surface area (Å²) in [4.78, 5) is 37.3. The first-order chi connectivity index (χ1) is 15.4. The number of aromatic amines is 1. The second-order valence-electron chi connectivity index (χ2n) is 6.62. The molecule has 0 atom stereocenters. The Morgan fingerprint density at radius 1 is 1.12 bits per heavy atom. The van der Waals surface area contributed by atoms with E-state index >= 15 is 0 Å². The van der Waals surface area contributed by atoms with Crippen molar-refractivity contribution in [2.75, 3.05) is 11.6 Å². The largest absolute Gasteiger partial charge is 0.438 e. The summed E-state index contributed by atoms with van der Waals surface area (Å²) in [6.45, 7) is 0. The molecule has 2 aromatic carbocycles. The Labute approximate surface area is 189 Å². The summed E-state index contributed by atoms with van der Waals surface area (Å²) in [6, 6.07) is 15.7. The van der Waals surface area contributed by atoms with E-state index in [4.69, 9.17) is 22.0 Å². The van der Waals surface area contributed by atoms with Crippen molar-refractivity contribution in [3.8, 4) is 5.69 Å². The molecule has 0 unspecified atom stereocenters. The number of Topliss-reactive ketones (excluding diaryl/α,β-unsaturated/α-hetero) is 1. The second kappa shape index (κ2) is 9.20. The number of rotatable bonds is 7. The maximum absolute atomic E-state index is 12.7. The summed E-state index contributed by atoms with van der Waals surface area (Å²) in [5, 5.41) is 11.0. The van der Waals surface area contributed by atoms with Crippen LogP contribution < -0.4 is 21.7 Å². The topological polar surface area (TPSA) is 141 Å². The molecule has 0 fully saturated rings. The van der Waals surface area contributed by atoms with Crippen LogP contribution in [0.2, 0.25) is 5.02 Å². The van der Waals surface area contributed by atoms with Crippen LogP contribution in [-0.2, 0) is 6.42 Å². The zero-order valence-electron chi connectivity index (χ0n) is 16.4. The fourth-order valence-corrected chi connectivity index (χ4v) is 3.74. The molecule has 2 aromatic heterocycles. The third-order valence-corrected chi connectivity index (χ3v) is 5.67. The predicted octanol–water partition coefficient (Wildman–Crippen LogP) is 1.13. The van der Waals surface area contributed by atoms with E-state index < -0.39 is 17.0 Å². The highest BCUT2D eigenvalue weighted by molar-refractivity contribution is 7.99. The van der Waals surface area contributed by atoms with Gasteiger partial charge in [0, 0.05) is 23.6 Å². The van der Waals surface area contributed by atoms with Crippen LogP contribution >= 0.6 is 23.4 Å². The zero-order valence-corrected chi connectivity index (χ0v) is 18.0. The molecule has 2 heterocycles. The molecular weight excluding hydrogens is 456 g/mol. The number of carbonyl (C=O) groups excluding carboxylic acids is 1. The quantitative estimate of drug-likeness (QED) is 0.177. The molecule has 4 rings (SSSR count). The van der Waals surface area contributed by atoms with Gasteiger partial charge in [0.1, 0.15) is 5.69 Å². The van der Waals surface area contributed by atoms with Gasteiger partial charge in [0.05, 0.1) is 5.75 Å². The van der Waals surface area contributed by atoms with Gasteiger partial charge < -0.3 is 5.84 Å². The van der Waals surface area contributed by atoms with Crippen LogP contribution in [0, 0.1) is 0 Å². The molecule has 0 aliphatic heterocycles. The number of hydrogen-bond acceptors (Lipinski definition) is 8. The van der Waals surface area contributed by atoms with E-state index in [0.29, 0.717) is 10.7 Å². The lowest BCUT2D eigenvalue weighted by Gasteiger charge is -2.07. The number of hydrogen-bond donors (Lipinski definition) is 2. The number of nitrogens with zero attached hydrogens (tertiary/aromatic N) is 4. The molecule has 0 bridgehead atoms. The van der Waals surface area contributed by atoms with Crippen LogP contribution in [-0.4, -0.2) is 31.7 Å². The van der Waals surface area contributed by atoms with Gasteiger partial charge in [-0.05, 0) is 27.6 Å². The third kappa shape index (κ3) is 4.48. The maximum Gasteiger partial charge on any atom is 0.438 e. The van der Waals surface area contributed by atoms with Gasteiger partial charge in [-0.25, -0.2) is 4.79 Å². The Bertz CT molecular complexity index is 1380. The number of nitrogens with one attached hydrogen (secondary N) is 1. The van der Waals surface area contributed by atoms with E-state index in [-0.39, 0.29) is 28.7 Å². The lowest BCUT2D eigenvalue weighted by molar-refractivity contribution is -0.672. The molecule has 0 radical (unpaired) electrons. The van der Waals surface area contributed by atoms with Gasteiger partial charge in [0.25, 0.3) is 5.56 Å². The smallest absolute Gasteiger partial charge is 0.334 e. The van der Waals surface area contributed by atoms with Gasteiger partial charge in [-0.2, -0.15) is 4.68 Å². The molecule has 0 spiro atoms. The molecule has 162 valence electrons. The number of nitrogen functional groups attached to an aromatic ring is 1. The van der Waals surface area contributed by atoms with E-state index in [1.165, 1.54) is 4.68 Å². The Morgan fingerprint density at radius 3 is 2.56 bits per heavy atom. The van der Waals surface area contributed by atoms with Gasteiger partial charge in [0.15, 0.2) is 0 Å². The first-order valence-corrected chi connectivity index (χ1v) is 10.6. The van der Waals surface area contributed by atoms with Gasteiger partial charge in [-0.3, -0.25) is 14.1 Å². The normalized spacial score (nSPS) is 10.9. The second-order valence-corrected chi connectivity index (χ2v) is 8.00. The highest BCUT2D eigenvalue weighted by Crippen LogP contribution is 2.14. The number of aromatic nitrogens is 5. The average Bonchev–Trinajstić information content (AvgIpc) is 3.19. The van der Waals surface area contributed by atoms with Crippen molar-refractivity contribution in [1.82, 2.24) is 20.1 Å². The monoisotopic (exact) mass is 471 g/mol. The summed E-state index contributed by atoms with van der Waals surface area (Å²) in [6.07, 6.45) is 0.228. The number of H-pyrrole nitrogens is 1. The molecule has 3 N–H and O–H groups in total. The molecule has 12 heteroatoms. The SMILES string of the molecule is Nn1c(SCC(=O)c2c(=O)o[nH][n+]2-c2ccccc2)nnc(Cc2ccc(Cl)cc2)c1=O. The molecular formula is C20H16ClN6O4S+. The molecule has 32 heavy (non-hydrogen) atoms. The summed E-state index contributed by atoms with van der Waals surface area (Å²) in [5.74, 6) is 5.13. The van der Waals surface area contributed by atoms with Crippen LogP contribution in [0.4, 0.5) is 0 Å². The van der Waals surface area contributed by atoms with E-state index in [2.05, 4.69) is 15.5 Å². The number of halogens is 1. The maximum atomic E-state index is 12.7. The molecule has 10 nitrogen and oxygen atoms in total. The fourth-order valence-electron chi connectivity index (χ4n) is 2.89. The Morgan fingerprint density at radius 2 is 1.84 bits per heavy atom. The van der Waals surface area contributed by atoms with Crippen molar-refractivity contribution in [2.45, 2.75) is 11.6 Å². The van der Waals surface area contributed by atoms with Crippen molar-refractivity contribution in [3.05, 3.63) is 97.3 Å². The van der Waals surface area contributed by atoms with Crippen LogP contribution in [0.15, 0.2) is 73.9 Å². The third-order valence-electron chi connectivity index (χ3n) is 4.47. The van der Waals surface area contributed by atoms with E-state index in [9.17, 15) is 14.4 Å². The number of ketones is 1. The number of para-hydroxylation sites is 1. The number of carbonyl (C=O) groups is 1. The van der Waals surface area contributed by atoms with Gasteiger partial charge >= 0.3 is 11.3 Å².